The minimum Gasteiger partial charge on any atom is -0.206 e. The number of fused-ring (bicyclic) bond motifs is 1. The van der Waals surface area contributed by atoms with Crippen molar-refractivity contribution in [3.8, 4) is 11.8 Å². The molecule has 0 saturated carbocycles. The van der Waals surface area contributed by atoms with Gasteiger partial charge in [-0.25, -0.2) is 4.39 Å². The van der Waals surface area contributed by atoms with E-state index in [1.165, 1.54) is 48.8 Å². The molecule has 0 fully saturated rings. The first-order valence-corrected chi connectivity index (χ1v) is 14.1. The van der Waals surface area contributed by atoms with Crippen LogP contribution >= 0.6 is 0 Å². The number of rotatable bonds is 11. The van der Waals surface area contributed by atoms with Gasteiger partial charge in [0.15, 0.2) is 0 Å². The number of benzene rings is 4. The molecule has 0 radical (unpaired) electrons. The Morgan fingerprint density at radius 2 is 1.14 bits per heavy atom. The van der Waals surface area contributed by atoms with Gasteiger partial charge in [0.2, 0.25) is 0 Å². The predicted molar refractivity (Wildman–Crippen MR) is 157 cm³/mol. The Balaban J connectivity index is 1.35. The lowest BCUT2D eigenvalue weighted by Crippen LogP contribution is -1.93. The maximum atomic E-state index is 15.0. The predicted octanol–water partition coefficient (Wildman–Crippen LogP) is 9.63. The van der Waals surface area contributed by atoms with Crippen molar-refractivity contribution in [3.05, 3.63) is 118 Å². The molecule has 0 saturated heterocycles. The number of hydrogen-bond donors (Lipinski definition) is 0. The van der Waals surface area contributed by atoms with Gasteiger partial charge in [-0.3, -0.25) is 0 Å². The van der Waals surface area contributed by atoms with Crippen LogP contribution in [0.1, 0.15) is 85.8 Å². The Morgan fingerprint density at radius 3 is 1.81 bits per heavy atom. The maximum Gasteiger partial charge on any atom is 0.134 e. The van der Waals surface area contributed by atoms with Gasteiger partial charge in [0.05, 0.1) is 0 Å². The standard InChI is InChI=1S/C36H39F/c1-3-5-7-8-10-33-24-25-34-27-32(23-26-35(34)36(33)37)22-21-31-19-17-30(18-20-31)16-15-29-13-11-28(12-14-29)9-6-4-2/h11-14,17-20,23-27H,3-10,15-16H2,1-2H3. The van der Waals surface area contributed by atoms with Crippen LogP contribution in [0.15, 0.2) is 78.9 Å². The molecule has 0 N–H and O–H groups in total. The van der Waals surface area contributed by atoms with Crippen molar-refractivity contribution >= 4 is 10.8 Å². The number of hydrogen-bond acceptors (Lipinski definition) is 0. The molecule has 0 heterocycles. The van der Waals surface area contributed by atoms with Crippen molar-refractivity contribution < 1.29 is 4.39 Å². The zero-order valence-corrected chi connectivity index (χ0v) is 22.5. The molecule has 4 aromatic carbocycles. The summed E-state index contributed by atoms with van der Waals surface area (Å²) in [7, 11) is 0. The Bertz CT molecular complexity index is 1330. The molecule has 0 aliphatic rings. The van der Waals surface area contributed by atoms with E-state index in [2.05, 4.69) is 74.2 Å². The Morgan fingerprint density at radius 1 is 0.541 bits per heavy atom. The average molecular weight is 491 g/mol. The lowest BCUT2D eigenvalue weighted by atomic mass is 9.99. The minimum absolute atomic E-state index is 0.0727. The van der Waals surface area contributed by atoms with Crippen molar-refractivity contribution in [1.82, 2.24) is 0 Å². The summed E-state index contributed by atoms with van der Waals surface area (Å²) in [6.07, 6.45) is 11.2. The third-order valence-corrected chi connectivity index (χ3v) is 7.18. The van der Waals surface area contributed by atoms with Gasteiger partial charge in [-0.05, 0) is 90.4 Å². The van der Waals surface area contributed by atoms with Crippen LogP contribution in [-0.2, 0) is 25.7 Å². The van der Waals surface area contributed by atoms with Crippen LogP contribution in [0.25, 0.3) is 10.8 Å². The normalized spacial score (nSPS) is 10.9. The zero-order chi connectivity index (χ0) is 25.9. The first-order valence-electron chi connectivity index (χ1n) is 14.1. The van der Waals surface area contributed by atoms with Crippen molar-refractivity contribution in [3.63, 3.8) is 0 Å². The molecule has 0 bridgehead atoms. The summed E-state index contributed by atoms with van der Waals surface area (Å²) in [6, 6.07) is 27.4. The van der Waals surface area contributed by atoms with E-state index in [4.69, 9.17) is 0 Å². The van der Waals surface area contributed by atoms with Crippen LogP contribution in [-0.4, -0.2) is 0 Å². The molecule has 37 heavy (non-hydrogen) atoms. The number of unbranched alkanes of at least 4 members (excludes halogenated alkanes) is 4. The highest BCUT2D eigenvalue weighted by atomic mass is 19.1. The van der Waals surface area contributed by atoms with E-state index < -0.39 is 0 Å². The van der Waals surface area contributed by atoms with Gasteiger partial charge < -0.3 is 0 Å². The Kier molecular flexibility index (Phi) is 9.96. The van der Waals surface area contributed by atoms with Crippen LogP contribution in [0.4, 0.5) is 4.39 Å². The van der Waals surface area contributed by atoms with Crippen LogP contribution in [0.3, 0.4) is 0 Å². The van der Waals surface area contributed by atoms with Crippen LogP contribution in [0.2, 0.25) is 0 Å². The molecule has 0 nitrogen and oxygen atoms in total. The maximum absolute atomic E-state index is 15.0. The molecular weight excluding hydrogens is 451 g/mol. The highest BCUT2D eigenvalue weighted by Crippen LogP contribution is 2.24. The van der Waals surface area contributed by atoms with Gasteiger partial charge in [0, 0.05) is 16.5 Å². The summed E-state index contributed by atoms with van der Waals surface area (Å²) in [5.74, 6) is 6.46. The molecule has 190 valence electrons. The smallest absolute Gasteiger partial charge is 0.134 e. The number of halogens is 1. The number of aryl methyl sites for hydroxylation is 4. The molecule has 0 unspecified atom stereocenters. The van der Waals surface area contributed by atoms with E-state index in [0.29, 0.717) is 5.39 Å². The average Bonchev–Trinajstić information content (AvgIpc) is 2.94. The fourth-order valence-corrected chi connectivity index (χ4v) is 4.79. The molecule has 4 aromatic rings. The van der Waals surface area contributed by atoms with Gasteiger partial charge in [-0.2, -0.15) is 0 Å². The lowest BCUT2D eigenvalue weighted by Gasteiger charge is -2.07. The molecular formula is C36H39F. The van der Waals surface area contributed by atoms with Crippen molar-refractivity contribution in [2.24, 2.45) is 0 Å². The summed E-state index contributed by atoms with van der Waals surface area (Å²) in [5.41, 5.74) is 6.89. The highest BCUT2D eigenvalue weighted by molar-refractivity contribution is 5.85. The second-order valence-corrected chi connectivity index (χ2v) is 10.2. The SMILES string of the molecule is CCCCCCc1ccc2cc(C#Cc3ccc(CCc4ccc(CCCC)cc4)cc3)ccc2c1F. The molecule has 0 atom stereocenters. The van der Waals surface area contributed by atoms with Crippen LogP contribution < -0.4 is 0 Å². The molecule has 0 aliphatic carbocycles. The fraction of sp³-hybridized carbons (Fsp3) is 0.333. The van der Waals surface area contributed by atoms with Gasteiger partial charge >= 0.3 is 0 Å². The van der Waals surface area contributed by atoms with Crippen molar-refractivity contribution in [1.29, 1.82) is 0 Å². The van der Waals surface area contributed by atoms with Crippen LogP contribution in [0.5, 0.6) is 0 Å². The first-order chi connectivity index (χ1) is 18.2. The van der Waals surface area contributed by atoms with E-state index >= 15 is 0 Å². The first kappa shape index (κ1) is 26.7. The van der Waals surface area contributed by atoms with Gasteiger partial charge in [0.25, 0.3) is 0 Å². The molecule has 1 heteroatoms. The van der Waals surface area contributed by atoms with Crippen LogP contribution in [0, 0.1) is 17.7 Å². The fourth-order valence-electron chi connectivity index (χ4n) is 4.79. The van der Waals surface area contributed by atoms with E-state index in [1.54, 1.807) is 0 Å². The topological polar surface area (TPSA) is 0 Å². The van der Waals surface area contributed by atoms with Gasteiger partial charge in [-0.1, -0.05) is 106 Å². The molecule has 4 rings (SSSR count). The lowest BCUT2D eigenvalue weighted by molar-refractivity contribution is 0.603. The third-order valence-electron chi connectivity index (χ3n) is 7.18. The summed E-state index contributed by atoms with van der Waals surface area (Å²) in [4.78, 5) is 0. The zero-order valence-electron chi connectivity index (χ0n) is 22.5. The van der Waals surface area contributed by atoms with Gasteiger partial charge in [0.1, 0.15) is 5.82 Å². The van der Waals surface area contributed by atoms with E-state index in [9.17, 15) is 4.39 Å². The molecule has 0 spiro atoms. The quantitative estimate of drug-likeness (QED) is 0.145. The summed E-state index contributed by atoms with van der Waals surface area (Å²) in [5, 5.41) is 1.61. The molecule has 0 aromatic heterocycles. The molecule has 0 aliphatic heterocycles. The largest absolute Gasteiger partial charge is 0.206 e. The Hall–Kier alpha value is -3.37. The third kappa shape index (κ3) is 7.80. The van der Waals surface area contributed by atoms with E-state index in [0.717, 1.165) is 54.2 Å². The van der Waals surface area contributed by atoms with E-state index in [-0.39, 0.29) is 5.82 Å². The van der Waals surface area contributed by atoms with Crippen molar-refractivity contribution in [2.75, 3.05) is 0 Å². The summed E-state index contributed by atoms with van der Waals surface area (Å²) < 4.78 is 15.0. The molecule has 0 amide bonds. The summed E-state index contributed by atoms with van der Waals surface area (Å²) in [6.45, 7) is 4.43. The summed E-state index contributed by atoms with van der Waals surface area (Å²) >= 11 is 0. The second kappa shape index (κ2) is 13.8. The van der Waals surface area contributed by atoms with Crippen molar-refractivity contribution in [2.45, 2.75) is 78.1 Å². The monoisotopic (exact) mass is 490 g/mol. The van der Waals surface area contributed by atoms with Gasteiger partial charge in [-0.15, -0.1) is 0 Å². The minimum atomic E-state index is -0.0727. The Labute approximate surface area is 223 Å². The highest BCUT2D eigenvalue weighted by Gasteiger charge is 2.07. The second-order valence-electron chi connectivity index (χ2n) is 10.2. The van der Waals surface area contributed by atoms with E-state index in [1.807, 2.05) is 30.3 Å².